The standard InChI is InChI=1S/C16H11F3O/c17-16(18,19)14-8-6-13(7-9-14)15(10-11-20)12-4-2-1-3-5-12/h1-11H/b15-10+. The van der Waals surface area contributed by atoms with Crippen molar-refractivity contribution in [1.29, 1.82) is 0 Å². The first-order valence-corrected chi connectivity index (χ1v) is 5.91. The topological polar surface area (TPSA) is 17.1 Å². The Bertz CT molecular complexity index is 610. The third-order valence-electron chi connectivity index (χ3n) is 2.84. The van der Waals surface area contributed by atoms with Gasteiger partial charge in [-0.3, -0.25) is 4.79 Å². The second-order valence-electron chi connectivity index (χ2n) is 4.16. The van der Waals surface area contributed by atoms with Gasteiger partial charge < -0.3 is 0 Å². The first-order valence-electron chi connectivity index (χ1n) is 5.91. The summed E-state index contributed by atoms with van der Waals surface area (Å²) in [6.45, 7) is 0. The van der Waals surface area contributed by atoms with E-state index in [1.54, 1.807) is 24.3 Å². The van der Waals surface area contributed by atoms with E-state index in [1.165, 1.54) is 18.2 Å². The lowest BCUT2D eigenvalue weighted by Crippen LogP contribution is -2.04. The number of carbonyl (C=O) groups excluding carboxylic acids is 1. The first-order chi connectivity index (χ1) is 9.52. The summed E-state index contributed by atoms with van der Waals surface area (Å²) in [6, 6.07) is 13.8. The summed E-state index contributed by atoms with van der Waals surface area (Å²) in [6.07, 6.45) is -2.39. The van der Waals surface area contributed by atoms with Gasteiger partial charge in [-0.25, -0.2) is 0 Å². The van der Waals surface area contributed by atoms with E-state index < -0.39 is 11.7 Å². The van der Waals surface area contributed by atoms with Gasteiger partial charge in [0.15, 0.2) is 0 Å². The zero-order chi connectivity index (χ0) is 14.6. The molecule has 0 radical (unpaired) electrons. The average molecular weight is 276 g/mol. The van der Waals surface area contributed by atoms with Gasteiger partial charge in [0.2, 0.25) is 0 Å². The van der Waals surface area contributed by atoms with Gasteiger partial charge >= 0.3 is 6.18 Å². The van der Waals surface area contributed by atoms with Crippen LogP contribution in [0, 0.1) is 0 Å². The van der Waals surface area contributed by atoms with Crippen LogP contribution in [0.25, 0.3) is 5.57 Å². The van der Waals surface area contributed by atoms with Gasteiger partial charge in [-0.1, -0.05) is 42.5 Å². The number of benzene rings is 2. The van der Waals surface area contributed by atoms with Crippen molar-refractivity contribution in [2.75, 3.05) is 0 Å². The molecule has 0 aliphatic rings. The van der Waals surface area contributed by atoms with E-state index in [-0.39, 0.29) is 0 Å². The minimum absolute atomic E-state index is 0.566. The van der Waals surface area contributed by atoms with Gasteiger partial charge in [-0.15, -0.1) is 0 Å². The molecule has 0 aliphatic carbocycles. The van der Waals surface area contributed by atoms with Crippen LogP contribution in [0.5, 0.6) is 0 Å². The molecule has 2 rings (SSSR count). The Morgan fingerprint density at radius 1 is 0.850 bits per heavy atom. The monoisotopic (exact) mass is 276 g/mol. The molecule has 0 heterocycles. The molecule has 0 N–H and O–H groups in total. The molecule has 0 saturated carbocycles. The number of hydrogen-bond donors (Lipinski definition) is 0. The summed E-state index contributed by atoms with van der Waals surface area (Å²) in [5, 5.41) is 0. The summed E-state index contributed by atoms with van der Waals surface area (Å²) in [7, 11) is 0. The predicted molar refractivity (Wildman–Crippen MR) is 71.0 cm³/mol. The van der Waals surface area contributed by atoms with Crippen LogP contribution in [0.15, 0.2) is 60.7 Å². The maximum Gasteiger partial charge on any atom is 0.416 e. The van der Waals surface area contributed by atoms with Crippen LogP contribution >= 0.6 is 0 Å². The SMILES string of the molecule is O=C/C=C(\c1ccccc1)c1ccc(C(F)(F)F)cc1. The number of rotatable bonds is 3. The fourth-order valence-corrected chi connectivity index (χ4v) is 1.88. The largest absolute Gasteiger partial charge is 0.416 e. The van der Waals surface area contributed by atoms with E-state index >= 15 is 0 Å². The van der Waals surface area contributed by atoms with Crippen LogP contribution in [-0.2, 0) is 11.0 Å². The number of hydrogen-bond acceptors (Lipinski definition) is 1. The van der Waals surface area contributed by atoms with E-state index in [1.807, 2.05) is 6.07 Å². The van der Waals surface area contributed by atoms with Crippen molar-refractivity contribution in [2.24, 2.45) is 0 Å². The van der Waals surface area contributed by atoms with Crippen molar-refractivity contribution in [3.63, 3.8) is 0 Å². The van der Waals surface area contributed by atoms with Gasteiger partial charge in [0, 0.05) is 0 Å². The normalized spacial score (nSPS) is 12.2. The maximum atomic E-state index is 12.5. The number of carbonyl (C=O) groups is 1. The molecule has 0 amide bonds. The lowest BCUT2D eigenvalue weighted by atomic mass is 9.97. The Labute approximate surface area is 114 Å². The molecule has 0 aromatic heterocycles. The molecule has 0 saturated heterocycles. The molecule has 1 nitrogen and oxygen atoms in total. The van der Waals surface area contributed by atoms with Gasteiger partial charge in [0.1, 0.15) is 6.29 Å². The van der Waals surface area contributed by atoms with Crippen molar-refractivity contribution < 1.29 is 18.0 Å². The van der Waals surface area contributed by atoms with Crippen LogP contribution in [0.3, 0.4) is 0 Å². The fourth-order valence-electron chi connectivity index (χ4n) is 1.88. The van der Waals surface area contributed by atoms with E-state index in [2.05, 4.69) is 0 Å². The van der Waals surface area contributed by atoms with Crippen LogP contribution < -0.4 is 0 Å². The van der Waals surface area contributed by atoms with Crippen LogP contribution in [-0.4, -0.2) is 6.29 Å². The highest BCUT2D eigenvalue weighted by Gasteiger charge is 2.30. The number of allylic oxidation sites excluding steroid dienone is 1. The molecule has 2 aromatic rings. The number of alkyl halides is 3. The van der Waals surface area contributed by atoms with Crippen LogP contribution in [0.1, 0.15) is 16.7 Å². The number of aldehydes is 1. The summed E-state index contributed by atoms with van der Waals surface area (Å²) in [4.78, 5) is 10.7. The summed E-state index contributed by atoms with van der Waals surface area (Å²) in [5.74, 6) is 0. The zero-order valence-corrected chi connectivity index (χ0v) is 10.4. The molecule has 4 heteroatoms. The molecule has 20 heavy (non-hydrogen) atoms. The van der Waals surface area contributed by atoms with Crippen molar-refractivity contribution in [1.82, 2.24) is 0 Å². The number of halogens is 3. The molecule has 0 bridgehead atoms. The second-order valence-corrected chi connectivity index (χ2v) is 4.16. The molecule has 0 aliphatic heterocycles. The Morgan fingerprint density at radius 2 is 1.40 bits per heavy atom. The van der Waals surface area contributed by atoms with Crippen LogP contribution in [0.2, 0.25) is 0 Å². The third-order valence-corrected chi connectivity index (χ3v) is 2.84. The molecule has 0 spiro atoms. The third kappa shape index (κ3) is 3.15. The predicted octanol–water partition coefficient (Wildman–Crippen LogP) is 4.34. The maximum absolute atomic E-state index is 12.5. The minimum atomic E-state index is -4.36. The van der Waals surface area contributed by atoms with E-state index in [0.29, 0.717) is 17.4 Å². The van der Waals surface area contributed by atoms with E-state index in [4.69, 9.17) is 0 Å². The van der Waals surface area contributed by atoms with Crippen molar-refractivity contribution in [3.8, 4) is 0 Å². The summed E-state index contributed by atoms with van der Waals surface area (Å²) < 4.78 is 37.6. The zero-order valence-electron chi connectivity index (χ0n) is 10.4. The van der Waals surface area contributed by atoms with Gasteiger partial charge in [-0.05, 0) is 34.9 Å². The molecule has 0 atom stereocenters. The molecular formula is C16H11F3O. The summed E-state index contributed by atoms with van der Waals surface area (Å²) in [5.41, 5.74) is 1.23. The van der Waals surface area contributed by atoms with Gasteiger partial charge in [-0.2, -0.15) is 13.2 Å². The summed E-state index contributed by atoms with van der Waals surface area (Å²) >= 11 is 0. The van der Waals surface area contributed by atoms with Crippen molar-refractivity contribution in [2.45, 2.75) is 6.18 Å². The van der Waals surface area contributed by atoms with Crippen molar-refractivity contribution in [3.05, 3.63) is 77.4 Å². The molecular weight excluding hydrogens is 265 g/mol. The second kappa shape index (κ2) is 5.74. The van der Waals surface area contributed by atoms with Crippen molar-refractivity contribution >= 4 is 11.9 Å². The molecule has 0 unspecified atom stereocenters. The minimum Gasteiger partial charge on any atom is -0.299 e. The first kappa shape index (κ1) is 14.1. The van der Waals surface area contributed by atoms with Gasteiger partial charge in [0.05, 0.1) is 5.56 Å². The lowest BCUT2D eigenvalue weighted by Gasteiger charge is -2.10. The highest BCUT2D eigenvalue weighted by molar-refractivity contribution is 5.89. The molecule has 102 valence electrons. The van der Waals surface area contributed by atoms with Crippen LogP contribution in [0.4, 0.5) is 13.2 Å². The average Bonchev–Trinajstić information content (AvgIpc) is 2.45. The highest BCUT2D eigenvalue weighted by Crippen LogP contribution is 2.31. The Morgan fingerprint density at radius 3 is 1.90 bits per heavy atom. The highest BCUT2D eigenvalue weighted by atomic mass is 19.4. The Balaban J connectivity index is 2.42. The van der Waals surface area contributed by atoms with E-state index in [9.17, 15) is 18.0 Å². The van der Waals surface area contributed by atoms with Gasteiger partial charge in [0.25, 0.3) is 0 Å². The Kier molecular flexibility index (Phi) is 4.03. The quantitative estimate of drug-likeness (QED) is 0.602. The fraction of sp³-hybridized carbons (Fsp3) is 0.0625. The Hall–Kier alpha value is -2.36. The van der Waals surface area contributed by atoms with E-state index in [0.717, 1.165) is 17.7 Å². The smallest absolute Gasteiger partial charge is 0.299 e. The molecule has 0 fully saturated rings. The molecule has 2 aromatic carbocycles. The lowest BCUT2D eigenvalue weighted by molar-refractivity contribution is -0.137.